The fraction of sp³-hybridized carbons (Fsp3) is 0.316. The molecule has 0 radical (unpaired) electrons. The van der Waals surface area contributed by atoms with E-state index in [9.17, 15) is 8.42 Å². The second-order valence-electron chi connectivity index (χ2n) is 7.05. The van der Waals surface area contributed by atoms with Crippen molar-refractivity contribution in [2.24, 2.45) is 5.14 Å². The molecule has 3 N–H and O–H groups in total. The second-order valence-corrected chi connectivity index (χ2v) is 8.58. The molecular formula is C19H19N3O2S. The van der Waals surface area contributed by atoms with Crippen molar-refractivity contribution in [1.29, 1.82) is 0 Å². The van der Waals surface area contributed by atoms with E-state index in [0.717, 1.165) is 31.2 Å². The molecule has 0 bridgehead atoms. The molecule has 128 valence electrons. The van der Waals surface area contributed by atoms with Crippen LogP contribution in [0.3, 0.4) is 0 Å². The van der Waals surface area contributed by atoms with Crippen LogP contribution in [0.15, 0.2) is 29.4 Å². The van der Waals surface area contributed by atoms with Crippen LogP contribution in [0, 0.1) is 0 Å². The van der Waals surface area contributed by atoms with Gasteiger partial charge >= 0.3 is 0 Å². The highest BCUT2D eigenvalue weighted by molar-refractivity contribution is 7.89. The van der Waals surface area contributed by atoms with E-state index in [0.29, 0.717) is 11.0 Å². The molecule has 0 saturated carbocycles. The average molecular weight is 353 g/mol. The molecule has 5 nitrogen and oxygen atoms in total. The zero-order chi connectivity index (χ0) is 17.2. The van der Waals surface area contributed by atoms with Gasteiger partial charge in [-0.3, -0.25) is 0 Å². The van der Waals surface area contributed by atoms with Gasteiger partial charge in [-0.25, -0.2) is 18.5 Å². The predicted molar refractivity (Wildman–Crippen MR) is 97.0 cm³/mol. The summed E-state index contributed by atoms with van der Waals surface area (Å²) in [5.74, 6) is 0. The number of nitrogens with one attached hydrogen (secondary N) is 1. The summed E-state index contributed by atoms with van der Waals surface area (Å²) in [6.45, 7) is 0. The molecule has 0 atom stereocenters. The Morgan fingerprint density at radius 1 is 1.00 bits per heavy atom. The lowest BCUT2D eigenvalue weighted by atomic mass is 9.90. The fourth-order valence-corrected chi connectivity index (χ4v) is 5.20. The molecule has 0 saturated heterocycles. The van der Waals surface area contributed by atoms with Gasteiger partial charge in [0.05, 0.1) is 0 Å². The van der Waals surface area contributed by atoms with Gasteiger partial charge in [-0.1, -0.05) is 6.07 Å². The number of aryl methyl sites for hydroxylation is 2. The standard InChI is InChI=1S/C19H19N3O2S/c20-25(23,24)17-10-22-19-16(17)8-13(9-21-19)18-14-5-1-3-11(14)7-12-4-2-6-15(12)18/h7-10H,1-6H2,(H,21,22)(H2,20,23,24). The molecule has 2 aliphatic carbocycles. The van der Waals surface area contributed by atoms with E-state index in [4.69, 9.17) is 5.14 Å². The highest BCUT2D eigenvalue weighted by atomic mass is 32.2. The number of benzene rings is 1. The zero-order valence-electron chi connectivity index (χ0n) is 13.8. The van der Waals surface area contributed by atoms with Gasteiger partial charge in [0.25, 0.3) is 0 Å². The summed E-state index contributed by atoms with van der Waals surface area (Å²) in [6, 6.07) is 4.33. The number of aromatic nitrogens is 2. The number of hydrogen-bond acceptors (Lipinski definition) is 3. The third-order valence-corrected chi connectivity index (χ3v) is 6.51. The van der Waals surface area contributed by atoms with Crippen LogP contribution in [0.2, 0.25) is 0 Å². The molecule has 5 rings (SSSR count). The van der Waals surface area contributed by atoms with Crippen LogP contribution in [-0.2, 0) is 35.7 Å². The van der Waals surface area contributed by atoms with E-state index in [1.165, 1.54) is 46.9 Å². The lowest BCUT2D eigenvalue weighted by Crippen LogP contribution is -2.11. The maximum atomic E-state index is 11.9. The highest BCUT2D eigenvalue weighted by Crippen LogP contribution is 2.41. The van der Waals surface area contributed by atoms with E-state index in [1.54, 1.807) is 0 Å². The summed E-state index contributed by atoms with van der Waals surface area (Å²) in [5.41, 5.74) is 8.61. The minimum Gasteiger partial charge on any atom is -0.345 e. The number of rotatable bonds is 2. The van der Waals surface area contributed by atoms with Gasteiger partial charge in [-0.05, 0) is 72.4 Å². The molecule has 2 heterocycles. The van der Waals surface area contributed by atoms with Crippen LogP contribution in [0.5, 0.6) is 0 Å². The first-order chi connectivity index (χ1) is 12.0. The summed E-state index contributed by atoms with van der Waals surface area (Å²) < 4.78 is 23.7. The quantitative estimate of drug-likeness (QED) is 0.742. The van der Waals surface area contributed by atoms with E-state index >= 15 is 0 Å². The largest absolute Gasteiger partial charge is 0.345 e. The molecule has 0 unspecified atom stereocenters. The minimum atomic E-state index is -3.78. The lowest BCUT2D eigenvalue weighted by Gasteiger charge is -2.15. The smallest absolute Gasteiger partial charge is 0.240 e. The molecule has 2 aromatic heterocycles. The first-order valence-electron chi connectivity index (χ1n) is 8.69. The van der Waals surface area contributed by atoms with Gasteiger partial charge < -0.3 is 4.98 Å². The Morgan fingerprint density at radius 2 is 1.68 bits per heavy atom. The number of fused-ring (bicyclic) bond motifs is 3. The number of pyridine rings is 1. The molecule has 1 aromatic carbocycles. The first-order valence-corrected chi connectivity index (χ1v) is 10.2. The Kier molecular flexibility index (Phi) is 3.12. The number of H-pyrrole nitrogens is 1. The number of primary sulfonamides is 1. The summed E-state index contributed by atoms with van der Waals surface area (Å²) >= 11 is 0. The Hall–Kier alpha value is -2.18. The van der Waals surface area contributed by atoms with E-state index < -0.39 is 10.0 Å². The van der Waals surface area contributed by atoms with Gasteiger partial charge in [0.2, 0.25) is 10.0 Å². The summed E-state index contributed by atoms with van der Waals surface area (Å²) in [4.78, 5) is 7.49. The minimum absolute atomic E-state index is 0.112. The average Bonchev–Trinajstić information content (AvgIpc) is 3.29. The summed E-state index contributed by atoms with van der Waals surface area (Å²) in [5, 5.41) is 5.93. The van der Waals surface area contributed by atoms with Crippen LogP contribution < -0.4 is 5.14 Å². The molecular weight excluding hydrogens is 334 g/mol. The van der Waals surface area contributed by atoms with Gasteiger partial charge in [-0.2, -0.15) is 0 Å². The molecule has 6 heteroatoms. The van der Waals surface area contributed by atoms with Crippen molar-refractivity contribution in [1.82, 2.24) is 9.97 Å². The predicted octanol–water partition coefficient (Wildman–Crippen LogP) is 2.85. The van der Waals surface area contributed by atoms with Gasteiger partial charge in [0.15, 0.2) is 0 Å². The molecule has 25 heavy (non-hydrogen) atoms. The Morgan fingerprint density at radius 3 is 2.32 bits per heavy atom. The Bertz CT molecular complexity index is 1100. The Labute approximate surface area is 146 Å². The topological polar surface area (TPSA) is 88.8 Å². The molecule has 3 aromatic rings. The Balaban J connectivity index is 1.80. The van der Waals surface area contributed by atoms with Crippen LogP contribution in [0.1, 0.15) is 35.1 Å². The van der Waals surface area contributed by atoms with Crippen molar-refractivity contribution in [3.05, 3.63) is 46.8 Å². The van der Waals surface area contributed by atoms with Gasteiger partial charge in [-0.15, -0.1) is 0 Å². The van der Waals surface area contributed by atoms with Crippen LogP contribution in [0.25, 0.3) is 22.2 Å². The molecule has 0 spiro atoms. The summed E-state index contributed by atoms with van der Waals surface area (Å²) in [7, 11) is -3.78. The van der Waals surface area contributed by atoms with Crippen LogP contribution >= 0.6 is 0 Å². The molecule has 0 aliphatic heterocycles. The number of hydrogen-bond donors (Lipinski definition) is 2. The summed E-state index contributed by atoms with van der Waals surface area (Å²) in [6.07, 6.45) is 10.1. The lowest BCUT2D eigenvalue weighted by molar-refractivity contribution is 0.598. The van der Waals surface area contributed by atoms with Crippen LogP contribution in [0.4, 0.5) is 0 Å². The number of nitrogens with zero attached hydrogens (tertiary/aromatic N) is 1. The molecule has 2 aliphatic rings. The van der Waals surface area contributed by atoms with E-state index in [-0.39, 0.29) is 4.90 Å². The molecule has 0 amide bonds. The number of nitrogens with two attached hydrogens (primary N) is 1. The maximum Gasteiger partial charge on any atom is 0.240 e. The molecule has 0 fully saturated rings. The van der Waals surface area contributed by atoms with Gasteiger partial charge in [0, 0.05) is 23.3 Å². The third-order valence-electron chi connectivity index (χ3n) is 5.56. The number of aromatic amines is 1. The van der Waals surface area contributed by atoms with Crippen molar-refractivity contribution in [2.75, 3.05) is 0 Å². The zero-order valence-corrected chi connectivity index (χ0v) is 14.6. The second kappa shape index (κ2) is 5.16. The monoisotopic (exact) mass is 353 g/mol. The highest BCUT2D eigenvalue weighted by Gasteiger charge is 2.25. The number of sulfonamides is 1. The van der Waals surface area contributed by atoms with Crippen molar-refractivity contribution in [3.63, 3.8) is 0 Å². The first kappa shape index (κ1) is 15.1. The SMILES string of the molecule is NS(=O)(=O)c1c[nH]c2ncc(-c3c4c(cc5c3CCC5)CCC4)cc12. The normalized spacial score (nSPS) is 16.4. The van der Waals surface area contributed by atoms with Gasteiger partial charge in [0.1, 0.15) is 10.5 Å². The van der Waals surface area contributed by atoms with Crippen molar-refractivity contribution in [3.8, 4) is 11.1 Å². The van der Waals surface area contributed by atoms with E-state index in [1.807, 2.05) is 12.3 Å². The van der Waals surface area contributed by atoms with Crippen LogP contribution in [-0.4, -0.2) is 18.4 Å². The third kappa shape index (κ3) is 2.24. The van der Waals surface area contributed by atoms with Crippen molar-refractivity contribution in [2.45, 2.75) is 43.4 Å². The van der Waals surface area contributed by atoms with Crippen molar-refractivity contribution >= 4 is 21.1 Å². The maximum absolute atomic E-state index is 11.9. The fourth-order valence-electron chi connectivity index (χ4n) is 4.52. The van der Waals surface area contributed by atoms with E-state index in [2.05, 4.69) is 16.0 Å². The van der Waals surface area contributed by atoms with Crippen molar-refractivity contribution < 1.29 is 8.42 Å².